The zero-order chi connectivity index (χ0) is 13.2. The third-order valence-corrected chi connectivity index (χ3v) is 3.02. The Morgan fingerprint density at radius 1 is 1.17 bits per heavy atom. The fourth-order valence-electron chi connectivity index (χ4n) is 1.42. The molecule has 2 N–H and O–H groups in total. The molecule has 5 nitrogen and oxygen atoms in total. The molecule has 0 aliphatic heterocycles. The van der Waals surface area contributed by atoms with Crippen LogP contribution in [0.5, 0.6) is 0 Å². The minimum atomic E-state index is -0.0493. The number of nitrogens with zero attached hydrogens (tertiary/aromatic N) is 3. The quantitative estimate of drug-likeness (QED) is 0.800. The zero-order valence-electron chi connectivity index (χ0n) is 11.4. The van der Waals surface area contributed by atoms with Crippen LogP contribution < -0.4 is 10.6 Å². The van der Waals surface area contributed by atoms with Crippen molar-refractivity contribution in [2.75, 3.05) is 16.4 Å². The fourth-order valence-corrected chi connectivity index (χ4v) is 1.98. The Balaban J connectivity index is 2.17. The van der Waals surface area contributed by atoms with Gasteiger partial charge in [0, 0.05) is 11.6 Å². The van der Waals surface area contributed by atoms with Gasteiger partial charge in [-0.2, -0.15) is 15.0 Å². The molecule has 0 amide bonds. The second kappa shape index (κ2) is 5.30. The zero-order valence-corrected chi connectivity index (χ0v) is 12.3. The highest BCUT2D eigenvalue weighted by molar-refractivity contribution is 7.99. The smallest absolute Gasteiger partial charge is 0.228 e. The molecule has 18 heavy (non-hydrogen) atoms. The first-order chi connectivity index (χ1) is 8.46. The van der Waals surface area contributed by atoms with E-state index < -0.39 is 0 Å². The Morgan fingerprint density at radius 3 is 2.39 bits per heavy atom. The molecule has 0 aromatic carbocycles. The van der Waals surface area contributed by atoms with Gasteiger partial charge in [-0.1, -0.05) is 18.7 Å². The second-order valence-electron chi connectivity index (χ2n) is 5.49. The first-order valence-electron chi connectivity index (χ1n) is 6.40. The van der Waals surface area contributed by atoms with Crippen molar-refractivity contribution in [3.05, 3.63) is 0 Å². The van der Waals surface area contributed by atoms with Gasteiger partial charge in [0.25, 0.3) is 0 Å². The molecule has 0 atom stereocenters. The van der Waals surface area contributed by atoms with Crippen LogP contribution in [0, 0.1) is 0 Å². The minimum Gasteiger partial charge on any atom is -0.351 e. The van der Waals surface area contributed by atoms with Crippen LogP contribution in [-0.4, -0.2) is 32.3 Å². The third-order valence-electron chi connectivity index (χ3n) is 2.29. The van der Waals surface area contributed by atoms with Crippen molar-refractivity contribution in [3.63, 3.8) is 0 Å². The van der Waals surface area contributed by atoms with Gasteiger partial charge in [-0.3, -0.25) is 0 Å². The number of nitrogens with one attached hydrogen (secondary N) is 2. The van der Waals surface area contributed by atoms with Gasteiger partial charge in [0.05, 0.1) is 0 Å². The molecule has 1 aliphatic rings. The lowest BCUT2D eigenvalue weighted by atomic mass is 10.1. The van der Waals surface area contributed by atoms with Crippen molar-refractivity contribution in [2.24, 2.45) is 0 Å². The molecule has 0 spiro atoms. The van der Waals surface area contributed by atoms with Crippen molar-refractivity contribution in [3.8, 4) is 0 Å². The van der Waals surface area contributed by atoms with E-state index in [1.807, 2.05) is 0 Å². The van der Waals surface area contributed by atoms with E-state index in [2.05, 4.69) is 53.3 Å². The number of thioether (sulfide) groups is 1. The second-order valence-corrected chi connectivity index (χ2v) is 6.72. The van der Waals surface area contributed by atoms with Crippen molar-refractivity contribution in [2.45, 2.75) is 57.3 Å². The van der Waals surface area contributed by atoms with E-state index in [1.165, 1.54) is 12.8 Å². The highest BCUT2D eigenvalue weighted by Gasteiger charge is 2.23. The molecule has 0 unspecified atom stereocenters. The lowest BCUT2D eigenvalue weighted by molar-refractivity contribution is 0.622. The first-order valence-corrected chi connectivity index (χ1v) is 7.38. The molecule has 1 heterocycles. The third kappa shape index (κ3) is 4.33. The van der Waals surface area contributed by atoms with Crippen LogP contribution in [0.3, 0.4) is 0 Å². The van der Waals surface area contributed by atoms with Crippen LogP contribution >= 0.6 is 11.8 Å². The summed E-state index contributed by atoms with van der Waals surface area (Å²) in [6, 6.07) is 0.550. The van der Waals surface area contributed by atoms with Gasteiger partial charge in [0.15, 0.2) is 5.16 Å². The monoisotopic (exact) mass is 267 g/mol. The van der Waals surface area contributed by atoms with E-state index in [4.69, 9.17) is 0 Å². The Morgan fingerprint density at radius 2 is 1.83 bits per heavy atom. The Labute approximate surface area is 113 Å². The van der Waals surface area contributed by atoms with Crippen molar-refractivity contribution >= 4 is 23.7 Å². The summed E-state index contributed by atoms with van der Waals surface area (Å²) < 4.78 is 0. The van der Waals surface area contributed by atoms with Gasteiger partial charge in [0.1, 0.15) is 0 Å². The molecule has 1 aromatic rings. The number of anilines is 2. The van der Waals surface area contributed by atoms with Crippen LogP contribution in [0.15, 0.2) is 5.16 Å². The van der Waals surface area contributed by atoms with Crippen LogP contribution in [0.2, 0.25) is 0 Å². The van der Waals surface area contributed by atoms with Gasteiger partial charge in [-0.25, -0.2) is 0 Å². The fraction of sp³-hybridized carbons (Fsp3) is 0.750. The molecular weight excluding hydrogens is 246 g/mol. The normalized spacial score (nSPS) is 15.6. The molecule has 1 saturated carbocycles. The van der Waals surface area contributed by atoms with E-state index >= 15 is 0 Å². The van der Waals surface area contributed by atoms with Crippen molar-refractivity contribution < 1.29 is 0 Å². The molecule has 2 rings (SSSR count). The van der Waals surface area contributed by atoms with Gasteiger partial charge < -0.3 is 10.6 Å². The minimum absolute atomic E-state index is 0.0493. The molecule has 1 fully saturated rings. The summed E-state index contributed by atoms with van der Waals surface area (Å²) in [6.07, 6.45) is 2.42. The number of hydrogen-bond donors (Lipinski definition) is 2. The first kappa shape index (κ1) is 13.4. The molecule has 1 aromatic heterocycles. The highest BCUT2D eigenvalue weighted by atomic mass is 32.2. The van der Waals surface area contributed by atoms with Crippen LogP contribution in [0.1, 0.15) is 40.5 Å². The largest absolute Gasteiger partial charge is 0.351 e. The predicted molar refractivity (Wildman–Crippen MR) is 76.2 cm³/mol. The maximum absolute atomic E-state index is 4.43. The number of aromatic nitrogens is 3. The standard InChI is InChI=1S/C12H21N5S/c1-5-18-11-15-9(13-8-6-7-8)14-10(16-11)17-12(2,3)4/h8H,5-7H2,1-4H3,(H2,13,14,15,16,17). The van der Waals surface area contributed by atoms with E-state index in [1.54, 1.807) is 11.8 Å². The lowest BCUT2D eigenvalue weighted by Crippen LogP contribution is -2.28. The van der Waals surface area contributed by atoms with Crippen LogP contribution in [-0.2, 0) is 0 Å². The molecular formula is C12H21N5S. The van der Waals surface area contributed by atoms with E-state index in [0.717, 1.165) is 10.9 Å². The summed E-state index contributed by atoms with van der Waals surface area (Å²) in [5.74, 6) is 2.30. The molecule has 0 bridgehead atoms. The highest BCUT2D eigenvalue weighted by Crippen LogP contribution is 2.25. The molecule has 100 valence electrons. The van der Waals surface area contributed by atoms with Gasteiger partial charge in [-0.05, 0) is 39.4 Å². The molecule has 0 radical (unpaired) electrons. The summed E-state index contributed by atoms with van der Waals surface area (Å²) >= 11 is 1.63. The average Bonchev–Trinajstić information content (AvgIpc) is 2.98. The van der Waals surface area contributed by atoms with E-state index in [9.17, 15) is 0 Å². The maximum Gasteiger partial charge on any atom is 0.228 e. The summed E-state index contributed by atoms with van der Waals surface area (Å²) in [6.45, 7) is 8.38. The molecule has 1 aliphatic carbocycles. The molecule has 0 saturated heterocycles. The average molecular weight is 267 g/mol. The van der Waals surface area contributed by atoms with Gasteiger partial charge in [-0.15, -0.1) is 0 Å². The van der Waals surface area contributed by atoms with E-state index in [0.29, 0.717) is 17.9 Å². The van der Waals surface area contributed by atoms with Crippen molar-refractivity contribution in [1.82, 2.24) is 15.0 Å². The predicted octanol–water partition coefficient (Wildman–Crippen LogP) is 2.77. The SMILES string of the molecule is CCSc1nc(NC2CC2)nc(NC(C)(C)C)n1. The number of rotatable bonds is 5. The van der Waals surface area contributed by atoms with Crippen LogP contribution in [0.4, 0.5) is 11.9 Å². The maximum atomic E-state index is 4.43. The summed E-state index contributed by atoms with van der Waals surface area (Å²) in [4.78, 5) is 13.3. The van der Waals surface area contributed by atoms with Gasteiger partial charge in [0.2, 0.25) is 11.9 Å². The Hall–Kier alpha value is -1.04. The Kier molecular flexibility index (Phi) is 3.94. The summed E-state index contributed by atoms with van der Waals surface area (Å²) in [7, 11) is 0. The molecule has 6 heteroatoms. The topological polar surface area (TPSA) is 62.7 Å². The lowest BCUT2D eigenvalue weighted by Gasteiger charge is -2.20. The summed E-state index contributed by atoms with van der Waals surface area (Å²) in [5, 5.41) is 7.40. The van der Waals surface area contributed by atoms with E-state index in [-0.39, 0.29) is 5.54 Å². The van der Waals surface area contributed by atoms with Crippen LogP contribution in [0.25, 0.3) is 0 Å². The van der Waals surface area contributed by atoms with Gasteiger partial charge >= 0.3 is 0 Å². The Bertz CT molecular complexity index is 411. The summed E-state index contributed by atoms with van der Waals surface area (Å²) in [5.41, 5.74) is -0.0493. The number of hydrogen-bond acceptors (Lipinski definition) is 6. The van der Waals surface area contributed by atoms with Crippen molar-refractivity contribution in [1.29, 1.82) is 0 Å².